The van der Waals surface area contributed by atoms with Crippen LogP contribution in [0.25, 0.3) is 0 Å². The van der Waals surface area contributed by atoms with Gasteiger partial charge in [0.25, 0.3) is 0 Å². The van der Waals surface area contributed by atoms with Gasteiger partial charge in [0.05, 0.1) is 35.8 Å². The molecule has 0 bridgehead atoms. The van der Waals surface area contributed by atoms with Crippen molar-refractivity contribution in [3.8, 4) is 11.5 Å². The molecule has 13 heteroatoms. The third-order valence-electron chi connectivity index (χ3n) is 10.9. The van der Waals surface area contributed by atoms with Crippen LogP contribution in [0.15, 0.2) is 66.2 Å². The molecule has 2 aromatic rings. The van der Waals surface area contributed by atoms with Gasteiger partial charge in [0, 0.05) is 69.1 Å². The molecule has 2 aliphatic heterocycles. The summed E-state index contributed by atoms with van der Waals surface area (Å²) in [6, 6.07) is 5.63. The molecule has 1 aromatic heterocycles. The van der Waals surface area contributed by atoms with Gasteiger partial charge in [-0.25, -0.2) is 4.79 Å². The lowest BCUT2D eigenvalue weighted by Gasteiger charge is -2.58. The number of unbranched alkanes of at least 4 members (excludes halogenated alkanes) is 2. The van der Waals surface area contributed by atoms with Gasteiger partial charge in [-0.05, 0) is 86.8 Å². The molecule has 3 heterocycles. The molecule has 294 valence electrons. The minimum absolute atomic E-state index is 0.117. The molecule has 6 rings (SSSR count). The highest BCUT2D eigenvalue weighted by Gasteiger charge is 2.64. The van der Waals surface area contributed by atoms with Crippen LogP contribution < -0.4 is 14.8 Å². The summed E-state index contributed by atoms with van der Waals surface area (Å²) < 4.78 is 25.9. The van der Waals surface area contributed by atoms with Crippen LogP contribution in [0.3, 0.4) is 0 Å². The Morgan fingerprint density at radius 1 is 1.17 bits per heavy atom. The van der Waals surface area contributed by atoms with E-state index in [0.29, 0.717) is 43.9 Å². The number of allylic oxidation sites excluding steroid dienone is 1. The van der Waals surface area contributed by atoms with Crippen LogP contribution in [0, 0.1) is 17.8 Å². The lowest BCUT2D eigenvalue weighted by Crippen LogP contribution is -2.64. The quantitative estimate of drug-likeness (QED) is 0.0794. The van der Waals surface area contributed by atoms with Crippen LogP contribution in [-0.2, 0) is 20.7 Å². The van der Waals surface area contributed by atoms with Gasteiger partial charge in [0.15, 0.2) is 0 Å². The Labute approximate surface area is 323 Å². The van der Waals surface area contributed by atoms with Crippen LogP contribution in [-0.4, -0.2) is 88.0 Å². The number of amides is 1. The third-order valence-corrected chi connectivity index (χ3v) is 12.2. The van der Waals surface area contributed by atoms with E-state index in [9.17, 15) is 15.0 Å². The molecule has 2 fully saturated rings. The maximum absolute atomic E-state index is 12.6. The van der Waals surface area contributed by atoms with E-state index in [-0.39, 0.29) is 48.7 Å². The summed E-state index contributed by atoms with van der Waals surface area (Å²) in [6.45, 7) is 7.50. The van der Waals surface area contributed by atoms with Crippen molar-refractivity contribution in [2.45, 2.75) is 101 Å². The Morgan fingerprint density at radius 2 is 2.02 bits per heavy atom. The van der Waals surface area contributed by atoms with E-state index >= 15 is 0 Å². The summed E-state index contributed by atoms with van der Waals surface area (Å²) >= 11 is 1.78. The van der Waals surface area contributed by atoms with Crippen molar-refractivity contribution in [2.75, 3.05) is 38.7 Å². The van der Waals surface area contributed by atoms with Crippen LogP contribution >= 0.6 is 11.8 Å². The van der Waals surface area contributed by atoms with Crippen molar-refractivity contribution in [2.24, 2.45) is 22.9 Å². The zero-order valence-corrected chi connectivity index (χ0v) is 32.2. The predicted molar refractivity (Wildman–Crippen MR) is 208 cm³/mol. The summed E-state index contributed by atoms with van der Waals surface area (Å²) in [5.41, 5.74) is 3.76. The van der Waals surface area contributed by atoms with Gasteiger partial charge < -0.3 is 39.3 Å². The number of hydrogen-bond acceptors (Lipinski definition) is 12. The minimum atomic E-state index is -1.10. The van der Waals surface area contributed by atoms with Gasteiger partial charge in [0.1, 0.15) is 11.5 Å². The number of aliphatic hydroxyl groups is 2. The zero-order chi connectivity index (χ0) is 37.8. The van der Waals surface area contributed by atoms with Crippen molar-refractivity contribution in [1.82, 2.24) is 15.3 Å². The number of nitrogens with one attached hydrogen (secondary N) is 1. The molecule has 1 saturated heterocycles. The van der Waals surface area contributed by atoms with Crippen molar-refractivity contribution < 1.29 is 38.8 Å². The van der Waals surface area contributed by atoms with Gasteiger partial charge in [-0.1, -0.05) is 30.1 Å². The van der Waals surface area contributed by atoms with E-state index in [1.165, 1.54) is 0 Å². The second-order valence-corrected chi connectivity index (χ2v) is 15.7. The minimum Gasteiger partial charge on any atom is -0.460 e. The highest BCUT2D eigenvalue weighted by atomic mass is 32.2. The molecule has 0 spiro atoms. The topological polar surface area (TPSA) is 154 Å². The fourth-order valence-corrected chi connectivity index (χ4v) is 9.89. The average molecular weight is 765 g/mol. The molecule has 1 unspecified atom stereocenters. The van der Waals surface area contributed by atoms with Gasteiger partial charge in [-0.15, -0.1) is 6.58 Å². The molecule has 1 amide bonds. The molecule has 2 aliphatic carbocycles. The molecule has 3 N–H and O–H groups in total. The first-order valence-electron chi connectivity index (χ1n) is 19.7. The first kappa shape index (κ1) is 40.2. The van der Waals surface area contributed by atoms with Crippen LogP contribution in [0.1, 0.15) is 88.3 Å². The van der Waals surface area contributed by atoms with E-state index < -0.39 is 18.2 Å². The number of aromatic nitrogens is 2. The molecular weight excluding hydrogens is 709 g/mol. The molecule has 12 nitrogen and oxygen atoms in total. The third kappa shape index (κ3) is 9.47. The molecular formula is C41H56N4O8S. The van der Waals surface area contributed by atoms with Crippen molar-refractivity contribution >= 4 is 23.6 Å². The second kappa shape index (κ2) is 19.9. The number of benzene rings is 1. The number of hydrogen-bond donors (Lipinski definition) is 3. The summed E-state index contributed by atoms with van der Waals surface area (Å²) in [5, 5.41) is 27.1. The summed E-state index contributed by atoms with van der Waals surface area (Å²) in [5.74, 6) is 0.630. The van der Waals surface area contributed by atoms with Crippen LogP contribution in [0.4, 0.5) is 4.79 Å². The van der Waals surface area contributed by atoms with E-state index in [4.69, 9.17) is 28.9 Å². The number of oxime groups is 1. The summed E-state index contributed by atoms with van der Waals surface area (Å²) in [6.07, 6.45) is 17.3. The Morgan fingerprint density at radius 3 is 2.76 bits per heavy atom. The molecule has 54 heavy (non-hydrogen) atoms. The lowest BCUT2D eigenvalue weighted by molar-refractivity contribution is -0.223. The number of carbonyl (C=O) groups excluding carboxylic acids is 1. The summed E-state index contributed by atoms with van der Waals surface area (Å²) in [4.78, 5) is 27.6. The van der Waals surface area contributed by atoms with E-state index in [1.54, 1.807) is 42.5 Å². The molecule has 0 radical (unpaired) electrons. The molecule has 4 aliphatic rings. The Hall–Kier alpha value is -3.49. The van der Waals surface area contributed by atoms with Gasteiger partial charge in [-0.3, -0.25) is 9.97 Å². The second-order valence-electron chi connectivity index (χ2n) is 14.4. The highest BCUT2D eigenvalue weighted by molar-refractivity contribution is 8.00. The first-order valence-corrected chi connectivity index (χ1v) is 20.7. The fourth-order valence-electron chi connectivity index (χ4n) is 8.51. The largest absolute Gasteiger partial charge is 0.460 e. The Bertz CT molecular complexity index is 1590. The van der Waals surface area contributed by atoms with Crippen LogP contribution in [0.5, 0.6) is 11.5 Å². The number of aliphatic hydroxyl groups excluding tert-OH is 2. The van der Waals surface area contributed by atoms with E-state index in [2.05, 4.69) is 27.9 Å². The number of ether oxygens (including phenoxy) is 4. The molecule has 1 aromatic carbocycles. The predicted octanol–water partition coefficient (Wildman–Crippen LogP) is 6.72. The molecule has 7 atom stereocenters. The number of thioether (sulfide) groups is 1. The number of rotatable bonds is 19. The van der Waals surface area contributed by atoms with Crippen molar-refractivity contribution in [1.29, 1.82) is 0 Å². The van der Waals surface area contributed by atoms with Gasteiger partial charge in [-0.2, -0.15) is 11.8 Å². The fraction of sp³-hybridized carbons (Fsp3) is 0.610. The number of nitrogens with zero attached hydrogens (tertiary/aromatic N) is 3. The molecule has 1 saturated carbocycles. The monoisotopic (exact) mass is 764 g/mol. The van der Waals surface area contributed by atoms with Crippen molar-refractivity contribution in [3.05, 3.63) is 72.4 Å². The Kier molecular flexibility index (Phi) is 14.8. The van der Waals surface area contributed by atoms with Crippen molar-refractivity contribution in [3.63, 3.8) is 0 Å². The zero-order valence-electron chi connectivity index (χ0n) is 31.4. The number of fused-ring (bicyclic) bond motifs is 2. The normalized spacial score (nSPS) is 27.9. The first-order chi connectivity index (χ1) is 26.5. The van der Waals surface area contributed by atoms with Crippen LogP contribution in [0.2, 0.25) is 0 Å². The SMILES string of the molecule is C=CCO[C@@]12Oc3ccc(OC(=O)NCC)cc3[C@H]3[C@H](CCCCO)[C@@H](CCCCO)C=C(C(=NOC4CCCCO4)C[C@@H]1SCCc1cnccn1)[C@H]32. The highest BCUT2D eigenvalue weighted by Crippen LogP contribution is 2.62. The van der Waals surface area contributed by atoms with Gasteiger partial charge >= 0.3 is 6.09 Å². The van der Waals surface area contributed by atoms with Gasteiger partial charge in [0.2, 0.25) is 12.1 Å². The standard InChI is InChI=1S/C41H56N4O8S/c1-3-21-50-41-36(54-23-16-29-27-42-17-18-44-29)26-34(45-53-37-13-7-10-22-49-37)32-24-28(11-5-8-19-46)31(12-6-9-20-47)38(39(32)41)33-25-30(14-15-35(33)52-41)51-40(48)43-4-2/h3,14-15,17-18,24-25,27-28,31,36-39,46-47H,1,4-13,16,19-23,26H2,2H3,(H,43,48)/t28-,31+,36-,37?,38+,39+,41+/m0/s1. The number of carbonyl (C=O) groups is 1. The van der Waals surface area contributed by atoms with E-state index in [0.717, 1.165) is 79.7 Å². The maximum atomic E-state index is 12.6. The Balaban J connectivity index is 1.49. The lowest BCUT2D eigenvalue weighted by atomic mass is 9.56. The van der Waals surface area contributed by atoms with E-state index in [1.807, 2.05) is 19.1 Å². The maximum Gasteiger partial charge on any atom is 0.412 e. The smallest absolute Gasteiger partial charge is 0.412 e. The summed E-state index contributed by atoms with van der Waals surface area (Å²) in [7, 11) is 0. The average Bonchev–Trinajstić information content (AvgIpc) is 3.19. The number of aryl methyl sites for hydroxylation is 1.